The van der Waals surface area contributed by atoms with Crippen LogP contribution in [0.1, 0.15) is 32.6 Å². The topological polar surface area (TPSA) is 29.5 Å². The predicted octanol–water partition coefficient (Wildman–Crippen LogP) is 1.57. The Hall–Kier alpha value is -0.0800. The standard InChI is InChI=1S/C9H18O2/c1-8-4-3-5-9(10,6-8)7-11-2/h8,10H,3-7H2,1-2H3. The van der Waals surface area contributed by atoms with E-state index in [1.165, 1.54) is 6.42 Å². The average molecular weight is 158 g/mol. The maximum atomic E-state index is 9.92. The van der Waals surface area contributed by atoms with Gasteiger partial charge < -0.3 is 9.84 Å². The molecule has 2 unspecified atom stereocenters. The molecule has 2 heteroatoms. The van der Waals surface area contributed by atoms with Crippen LogP contribution in [0.15, 0.2) is 0 Å². The third-order valence-corrected chi connectivity index (χ3v) is 2.48. The molecule has 11 heavy (non-hydrogen) atoms. The number of hydrogen-bond donors (Lipinski definition) is 1. The molecule has 66 valence electrons. The van der Waals surface area contributed by atoms with Crippen LogP contribution >= 0.6 is 0 Å². The van der Waals surface area contributed by atoms with Crippen LogP contribution in [0.2, 0.25) is 0 Å². The van der Waals surface area contributed by atoms with E-state index in [4.69, 9.17) is 4.74 Å². The SMILES string of the molecule is COCC1(O)CCCC(C)C1. The maximum absolute atomic E-state index is 9.92. The van der Waals surface area contributed by atoms with Crippen molar-refractivity contribution in [1.82, 2.24) is 0 Å². The van der Waals surface area contributed by atoms with Gasteiger partial charge in [0.05, 0.1) is 12.2 Å². The minimum absolute atomic E-state index is 0.497. The first-order valence-corrected chi connectivity index (χ1v) is 4.38. The fourth-order valence-corrected chi connectivity index (χ4v) is 2.03. The van der Waals surface area contributed by atoms with Crippen LogP contribution in [0, 0.1) is 5.92 Å². The quantitative estimate of drug-likeness (QED) is 0.661. The molecule has 1 saturated carbocycles. The molecule has 1 N–H and O–H groups in total. The minimum Gasteiger partial charge on any atom is -0.387 e. The first kappa shape index (κ1) is 9.01. The maximum Gasteiger partial charge on any atom is 0.0882 e. The molecule has 0 aliphatic heterocycles. The van der Waals surface area contributed by atoms with E-state index in [9.17, 15) is 5.11 Å². The summed E-state index contributed by atoms with van der Waals surface area (Å²) < 4.78 is 4.98. The number of aliphatic hydroxyl groups is 1. The fourth-order valence-electron chi connectivity index (χ4n) is 2.03. The number of ether oxygens (including phenoxy) is 1. The molecule has 2 atom stereocenters. The highest BCUT2D eigenvalue weighted by atomic mass is 16.5. The Morgan fingerprint density at radius 1 is 1.64 bits per heavy atom. The van der Waals surface area contributed by atoms with E-state index < -0.39 is 5.60 Å². The van der Waals surface area contributed by atoms with E-state index in [0.717, 1.165) is 19.3 Å². The largest absolute Gasteiger partial charge is 0.387 e. The molecule has 0 heterocycles. The highest BCUT2D eigenvalue weighted by molar-refractivity contribution is 4.84. The summed E-state index contributed by atoms with van der Waals surface area (Å²) in [6.45, 7) is 2.69. The second kappa shape index (κ2) is 3.55. The molecule has 0 spiro atoms. The fraction of sp³-hybridized carbons (Fsp3) is 1.00. The van der Waals surface area contributed by atoms with E-state index in [2.05, 4.69) is 6.92 Å². The van der Waals surface area contributed by atoms with Gasteiger partial charge in [-0.15, -0.1) is 0 Å². The van der Waals surface area contributed by atoms with Gasteiger partial charge in [-0.3, -0.25) is 0 Å². The van der Waals surface area contributed by atoms with Crippen molar-refractivity contribution in [2.24, 2.45) is 5.92 Å². The van der Waals surface area contributed by atoms with Crippen LogP contribution in [-0.2, 0) is 4.74 Å². The number of rotatable bonds is 2. The second-order valence-electron chi connectivity index (χ2n) is 3.86. The molecule has 0 amide bonds. The zero-order chi connectivity index (χ0) is 8.32. The summed E-state index contributed by atoms with van der Waals surface area (Å²) in [6.07, 6.45) is 4.21. The Bertz CT molecular complexity index is 121. The molecule has 0 aromatic rings. The van der Waals surface area contributed by atoms with Gasteiger partial charge in [0.25, 0.3) is 0 Å². The van der Waals surface area contributed by atoms with Crippen molar-refractivity contribution in [2.75, 3.05) is 13.7 Å². The van der Waals surface area contributed by atoms with Gasteiger partial charge >= 0.3 is 0 Å². The molecule has 1 aliphatic carbocycles. The highest BCUT2D eigenvalue weighted by Crippen LogP contribution is 2.31. The molecule has 0 saturated heterocycles. The molecule has 1 aliphatic rings. The van der Waals surface area contributed by atoms with Gasteiger partial charge in [-0.05, 0) is 18.8 Å². The summed E-state index contributed by atoms with van der Waals surface area (Å²) in [5, 5.41) is 9.92. The Morgan fingerprint density at radius 3 is 2.91 bits per heavy atom. The van der Waals surface area contributed by atoms with Crippen molar-refractivity contribution in [1.29, 1.82) is 0 Å². The van der Waals surface area contributed by atoms with Crippen LogP contribution < -0.4 is 0 Å². The normalized spacial score (nSPS) is 39.0. The van der Waals surface area contributed by atoms with E-state index >= 15 is 0 Å². The number of methoxy groups -OCH3 is 1. The first-order valence-electron chi connectivity index (χ1n) is 4.38. The van der Waals surface area contributed by atoms with Crippen LogP contribution in [-0.4, -0.2) is 24.4 Å². The molecular weight excluding hydrogens is 140 g/mol. The average Bonchev–Trinajstić information content (AvgIpc) is 1.86. The van der Waals surface area contributed by atoms with E-state index in [0.29, 0.717) is 12.5 Å². The first-order chi connectivity index (χ1) is 5.16. The molecule has 0 radical (unpaired) electrons. The Kier molecular flexibility index (Phi) is 2.90. The summed E-state index contributed by atoms with van der Waals surface area (Å²) in [5.74, 6) is 0.656. The third-order valence-electron chi connectivity index (χ3n) is 2.48. The third kappa shape index (κ3) is 2.46. The van der Waals surface area contributed by atoms with Gasteiger partial charge in [-0.1, -0.05) is 19.8 Å². The molecule has 0 aromatic carbocycles. The number of hydrogen-bond acceptors (Lipinski definition) is 2. The summed E-state index contributed by atoms with van der Waals surface area (Å²) in [7, 11) is 1.65. The van der Waals surface area contributed by atoms with Crippen LogP contribution in [0.4, 0.5) is 0 Å². The smallest absolute Gasteiger partial charge is 0.0882 e. The lowest BCUT2D eigenvalue weighted by Gasteiger charge is -2.34. The van der Waals surface area contributed by atoms with E-state index in [-0.39, 0.29) is 0 Å². The van der Waals surface area contributed by atoms with Gasteiger partial charge in [0.2, 0.25) is 0 Å². The van der Waals surface area contributed by atoms with E-state index in [1.807, 2.05) is 0 Å². The Balaban J connectivity index is 2.41. The lowest BCUT2D eigenvalue weighted by Crippen LogP contribution is -2.38. The lowest BCUT2D eigenvalue weighted by atomic mass is 9.79. The van der Waals surface area contributed by atoms with Crippen molar-refractivity contribution in [3.8, 4) is 0 Å². The summed E-state index contributed by atoms with van der Waals surface area (Å²) in [4.78, 5) is 0. The van der Waals surface area contributed by atoms with Crippen molar-refractivity contribution in [3.63, 3.8) is 0 Å². The summed E-state index contributed by atoms with van der Waals surface area (Å²) >= 11 is 0. The van der Waals surface area contributed by atoms with E-state index in [1.54, 1.807) is 7.11 Å². The van der Waals surface area contributed by atoms with Gasteiger partial charge in [0.15, 0.2) is 0 Å². The predicted molar refractivity (Wildman–Crippen MR) is 44.5 cm³/mol. The Morgan fingerprint density at radius 2 is 2.36 bits per heavy atom. The van der Waals surface area contributed by atoms with Gasteiger partial charge in [-0.25, -0.2) is 0 Å². The van der Waals surface area contributed by atoms with Crippen LogP contribution in [0.25, 0.3) is 0 Å². The molecular formula is C9H18O2. The van der Waals surface area contributed by atoms with Gasteiger partial charge in [0.1, 0.15) is 0 Å². The second-order valence-corrected chi connectivity index (χ2v) is 3.86. The summed E-state index contributed by atoms with van der Waals surface area (Å²) in [6, 6.07) is 0. The van der Waals surface area contributed by atoms with Gasteiger partial charge in [0, 0.05) is 7.11 Å². The van der Waals surface area contributed by atoms with Crippen LogP contribution in [0.5, 0.6) is 0 Å². The van der Waals surface area contributed by atoms with Crippen molar-refractivity contribution < 1.29 is 9.84 Å². The van der Waals surface area contributed by atoms with Gasteiger partial charge in [-0.2, -0.15) is 0 Å². The minimum atomic E-state index is -0.521. The highest BCUT2D eigenvalue weighted by Gasteiger charge is 2.32. The molecule has 0 bridgehead atoms. The molecule has 2 nitrogen and oxygen atoms in total. The summed E-state index contributed by atoms with van der Waals surface area (Å²) in [5.41, 5.74) is -0.521. The monoisotopic (exact) mass is 158 g/mol. The zero-order valence-electron chi connectivity index (χ0n) is 7.47. The van der Waals surface area contributed by atoms with Crippen molar-refractivity contribution >= 4 is 0 Å². The van der Waals surface area contributed by atoms with Crippen molar-refractivity contribution in [3.05, 3.63) is 0 Å². The molecule has 1 rings (SSSR count). The lowest BCUT2D eigenvalue weighted by molar-refractivity contribution is -0.0671. The van der Waals surface area contributed by atoms with Crippen molar-refractivity contribution in [2.45, 2.75) is 38.2 Å². The Labute approximate surface area is 68.6 Å². The van der Waals surface area contributed by atoms with Crippen LogP contribution in [0.3, 0.4) is 0 Å². The zero-order valence-corrected chi connectivity index (χ0v) is 7.47. The molecule has 1 fully saturated rings. The molecule has 0 aromatic heterocycles.